The second kappa shape index (κ2) is 9.30. The Hall–Kier alpha value is -2.55. The van der Waals surface area contributed by atoms with Gasteiger partial charge in [0.1, 0.15) is 5.82 Å². The van der Waals surface area contributed by atoms with Crippen molar-refractivity contribution in [3.8, 4) is 0 Å². The molecule has 1 amide bonds. The lowest BCUT2D eigenvalue weighted by Crippen LogP contribution is -2.48. The number of nitrogens with one attached hydrogen (secondary N) is 1. The molecule has 0 atom stereocenters. The molecule has 0 spiro atoms. The summed E-state index contributed by atoms with van der Waals surface area (Å²) in [5, 5.41) is 2.65. The van der Waals surface area contributed by atoms with Crippen LogP contribution in [0.1, 0.15) is 12.5 Å². The quantitative estimate of drug-likeness (QED) is 0.734. The van der Waals surface area contributed by atoms with Crippen LogP contribution in [0.5, 0.6) is 0 Å². The van der Waals surface area contributed by atoms with Crippen molar-refractivity contribution in [2.24, 2.45) is 0 Å². The van der Waals surface area contributed by atoms with Gasteiger partial charge in [-0.2, -0.15) is 4.31 Å². The Morgan fingerprint density at radius 1 is 1.10 bits per heavy atom. The highest BCUT2D eigenvalue weighted by Gasteiger charge is 2.28. The van der Waals surface area contributed by atoms with Gasteiger partial charge >= 0.3 is 0 Å². The second-order valence-electron chi connectivity index (χ2n) is 6.74. The Labute approximate surface area is 170 Å². The van der Waals surface area contributed by atoms with Crippen LogP contribution in [0.3, 0.4) is 0 Å². The zero-order valence-corrected chi connectivity index (χ0v) is 17.0. The van der Waals surface area contributed by atoms with E-state index in [1.165, 1.54) is 40.7 Å². The van der Waals surface area contributed by atoms with Gasteiger partial charge in [0.2, 0.25) is 15.9 Å². The van der Waals surface area contributed by atoms with Crippen LogP contribution < -0.4 is 5.32 Å². The van der Waals surface area contributed by atoms with Gasteiger partial charge in [0.05, 0.1) is 4.90 Å². The van der Waals surface area contributed by atoms with E-state index in [1.54, 1.807) is 24.3 Å². The SMILES string of the molecule is CCN1CCN(S(=O)(=O)c2cccc(NC(=O)/C=C/c3cccc(F)c3)c2)CC1. The molecule has 0 aliphatic carbocycles. The van der Waals surface area contributed by atoms with Crippen molar-refractivity contribution in [2.45, 2.75) is 11.8 Å². The summed E-state index contributed by atoms with van der Waals surface area (Å²) in [6.45, 7) is 5.26. The molecule has 0 saturated carbocycles. The maximum atomic E-state index is 13.2. The molecule has 29 heavy (non-hydrogen) atoms. The summed E-state index contributed by atoms with van der Waals surface area (Å²) in [5.41, 5.74) is 0.940. The Kier molecular flexibility index (Phi) is 6.79. The number of hydrogen-bond acceptors (Lipinski definition) is 4. The number of amides is 1. The molecule has 2 aromatic rings. The van der Waals surface area contributed by atoms with Gasteiger partial charge in [0, 0.05) is 37.9 Å². The highest BCUT2D eigenvalue weighted by Crippen LogP contribution is 2.21. The Balaban J connectivity index is 1.68. The van der Waals surface area contributed by atoms with Gasteiger partial charge in [-0.1, -0.05) is 25.1 Å². The van der Waals surface area contributed by atoms with E-state index in [-0.39, 0.29) is 10.7 Å². The number of sulfonamides is 1. The smallest absolute Gasteiger partial charge is 0.248 e. The van der Waals surface area contributed by atoms with Gasteiger partial charge in [0.15, 0.2) is 0 Å². The van der Waals surface area contributed by atoms with Crippen LogP contribution in [0.4, 0.5) is 10.1 Å². The average molecular weight is 418 g/mol. The lowest BCUT2D eigenvalue weighted by atomic mass is 10.2. The van der Waals surface area contributed by atoms with Crippen LogP contribution >= 0.6 is 0 Å². The van der Waals surface area contributed by atoms with Crippen molar-refractivity contribution >= 4 is 27.7 Å². The molecule has 1 N–H and O–H groups in total. The standard InChI is InChI=1S/C21H24FN3O3S/c1-2-24-11-13-25(14-12-24)29(27,28)20-8-4-7-19(16-20)23-21(26)10-9-17-5-3-6-18(22)15-17/h3-10,15-16H,2,11-14H2,1H3,(H,23,26)/b10-9+. The molecule has 2 aromatic carbocycles. The van der Waals surface area contributed by atoms with E-state index in [0.717, 1.165) is 6.54 Å². The van der Waals surface area contributed by atoms with Gasteiger partial charge in [-0.3, -0.25) is 4.79 Å². The van der Waals surface area contributed by atoms with E-state index in [4.69, 9.17) is 0 Å². The molecule has 1 aliphatic heterocycles. The van der Waals surface area contributed by atoms with E-state index >= 15 is 0 Å². The van der Waals surface area contributed by atoms with Crippen molar-refractivity contribution < 1.29 is 17.6 Å². The zero-order chi connectivity index (χ0) is 20.9. The number of piperazine rings is 1. The molecular weight excluding hydrogens is 393 g/mol. The molecule has 0 bridgehead atoms. The molecule has 1 heterocycles. The molecule has 1 fully saturated rings. The molecule has 154 valence electrons. The lowest BCUT2D eigenvalue weighted by Gasteiger charge is -2.33. The summed E-state index contributed by atoms with van der Waals surface area (Å²) < 4.78 is 40.5. The van der Waals surface area contributed by atoms with Crippen LogP contribution in [-0.2, 0) is 14.8 Å². The lowest BCUT2D eigenvalue weighted by molar-refractivity contribution is -0.111. The number of hydrogen-bond donors (Lipinski definition) is 1. The number of carbonyl (C=O) groups is 1. The predicted molar refractivity (Wildman–Crippen MR) is 111 cm³/mol. The van der Waals surface area contributed by atoms with Crippen molar-refractivity contribution in [3.05, 3.63) is 66.0 Å². The number of carbonyl (C=O) groups excluding carboxylic acids is 1. The van der Waals surface area contributed by atoms with Gasteiger partial charge in [-0.05, 0) is 48.5 Å². The van der Waals surface area contributed by atoms with Crippen LogP contribution in [0.2, 0.25) is 0 Å². The maximum Gasteiger partial charge on any atom is 0.248 e. The summed E-state index contributed by atoms with van der Waals surface area (Å²) in [5.74, 6) is -0.814. The summed E-state index contributed by atoms with van der Waals surface area (Å²) in [6.07, 6.45) is 2.77. The van der Waals surface area contributed by atoms with Gasteiger partial charge < -0.3 is 10.2 Å². The number of likely N-dealkylation sites (N-methyl/N-ethyl adjacent to an activating group) is 1. The van der Waals surface area contributed by atoms with Gasteiger partial charge in [-0.25, -0.2) is 12.8 Å². The highest BCUT2D eigenvalue weighted by molar-refractivity contribution is 7.89. The minimum Gasteiger partial charge on any atom is -0.322 e. The Morgan fingerprint density at radius 2 is 1.83 bits per heavy atom. The van der Waals surface area contributed by atoms with Crippen LogP contribution in [0.15, 0.2) is 59.5 Å². The molecule has 0 unspecified atom stereocenters. The summed E-state index contributed by atoms with van der Waals surface area (Å²) in [7, 11) is -3.62. The molecule has 0 aromatic heterocycles. The molecule has 1 aliphatic rings. The Morgan fingerprint density at radius 3 is 2.52 bits per heavy atom. The molecule has 3 rings (SSSR count). The fourth-order valence-corrected chi connectivity index (χ4v) is 4.60. The first-order chi connectivity index (χ1) is 13.9. The van der Waals surface area contributed by atoms with Crippen LogP contribution in [0.25, 0.3) is 6.08 Å². The first kappa shape index (κ1) is 21.2. The normalized spacial score (nSPS) is 16.2. The summed E-state index contributed by atoms with van der Waals surface area (Å²) in [6, 6.07) is 12.1. The Bertz CT molecular complexity index is 1000. The first-order valence-electron chi connectivity index (χ1n) is 9.45. The maximum absolute atomic E-state index is 13.2. The fourth-order valence-electron chi connectivity index (χ4n) is 3.14. The van der Waals surface area contributed by atoms with E-state index < -0.39 is 15.9 Å². The predicted octanol–water partition coefficient (Wildman–Crippen LogP) is 2.80. The van der Waals surface area contributed by atoms with Crippen LogP contribution in [0, 0.1) is 5.82 Å². The molecule has 8 heteroatoms. The summed E-state index contributed by atoms with van der Waals surface area (Å²) >= 11 is 0. The largest absolute Gasteiger partial charge is 0.322 e. The monoisotopic (exact) mass is 417 g/mol. The van der Waals surface area contributed by atoms with E-state index in [1.807, 2.05) is 0 Å². The third kappa shape index (κ3) is 5.50. The minimum absolute atomic E-state index is 0.148. The fraction of sp³-hybridized carbons (Fsp3) is 0.286. The summed E-state index contributed by atoms with van der Waals surface area (Å²) in [4.78, 5) is 14.5. The minimum atomic E-state index is -3.62. The average Bonchev–Trinajstić information content (AvgIpc) is 2.72. The highest BCUT2D eigenvalue weighted by atomic mass is 32.2. The van der Waals surface area contributed by atoms with Gasteiger partial charge in [-0.15, -0.1) is 0 Å². The third-order valence-corrected chi connectivity index (χ3v) is 6.69. The first-order valence-corrected chi connectivity index (χ1v) is 10.9. The van der Waals surface area contributed by atoms with E-state index in [2.05, 4.69) is 17.1 Å². The number of halogens is 1. The van der Waals surface area contributed by atoms with Crippen LogP contribution in [-0.4, -0.2) is 56.3 Å². The second-order valence-corrected chi connectivity index (χ2v) is 8.68. The van der Waals surface area contributed by atoms with Crippen molar-refractivity contribution in [1.29, 1.82) is 0 Å². The molecule has 6 nitrogen and oxygen atoms in total. The number of rotatable bonds is 6. The number of nitrogens with zero attached hydrogens (tertiary/aromatic N) is 2. The number of anilines is 1. The van der Waals surface area contributed by atoms with Gasteiger partial charge in [0.25, 0.3) is 0 Å². The van der Waals surface area contributed by atoms with Crippen molar-refractivity contribution in [1.82, 2.24) is 9.21 Å². The number of benzene rings is 2. The van der Waals surface area contributed by atoms with Crippen molar-refractivity contribution in [3.63, 3.8) is 0 Å². The molecule has 1 saturated heterocycles. The zero-order valence-electron chi connectivity index (χ0n) is 16.2. The van der Waals surface area contributed by atoms with E-state index in [0.29, 0.717) is 37.4 Å². The third-order valence-electron chi connectivity index (χ3n) is 4.79. The molecule has 0 radical (unpaired) electrons. The topological polar surface area (TPSA) is 69.7 Å². The molecular formula is C21H24FN3O3S. The van der Waals surface area contributed by atoms with E-state index in [9.17, 15) is 17.6 Å². The van der Waals surface area contributed by atoms with Crippen molar-refractivity contribution in [2.75, 3.05) is 38.0 Å².